The monoisotopic (exact) mass is 406 g/mol. The van der Waals surface area contributed by atoms with Gasteiger partial charge in [-0.15, -0.1) is 0 Å². The van der Waals surface area contributed by atoms with E-state index in [1.807, 2.05) is 49.1 Å². The summed E-state index contributed by atoms with van der Waals surface area (Å²) >= 11 is 0. The second-order valence-electron chi connectivity index (χ2n) is 7.88. The first-order valence-corrected chi connectivity index (χ1v) is 10.2. The zero-order valence-corrected chi connectivity index (χ0v) is 17.2. The van der Waals surface area contributed by atoms with Crippen LogP contribution < -0.4 is 5.32 Å². The Bertz CT molecular complexity index is 1050. The van der Waals surface area contributed by atoms with Gasteiger partial charge in [-0.25, -0.2) is 0 Å². The van der Waals surface area contributed by atoms with Gasteiger partial charge >= 0.3 is 0 Å². The average Bonchev–Trinajstić information content (AvgIpc) is 3.37. The maximum absolute atomic E-state index is 12.6. The molecule has 1 saturated heterocycles. The lowest BCUT2D eigenvalue weighted by Crippen LogP contribution is -2.39. The molecule has 0 radical (unpaired) electrons. The van der Waals surface area contributed by atoms with Crippen LogP contribution in [0.2, 0.25) is 0 Å². The molecular weight excluding hydrogens is 380 g/mol. The van der Waals surface area contributed by atoms with Crippen molar-refractivity contribution in [2.75, 3.05) is 18.4 Å². The fourth-order valence-corrected chi connectivity index (χ4v) is 3.93. The van der Waals surface area contributed by atoms with Gasteiger partial charge < -0.3 is 10.2 Å². The minimum Gasteiger partial charge on any atom is -0.339 e. The fourth-order valence-electron chi connectivity index (χ4n) is 3.93. The van der Waals surface area contributed by atoms with Gasteiger partial charge in [0, 0.05) is 36.8 Å². The third-order valence-corrected chi connectivity index (χ3v) is 5.72. The number of nitrogens with one attached hydrogen (secondary N) is 3. The zero-order chi connectivity index (χ0) is 21.1. The number of hydrogen-bond donors (Lipinski definition) is 3. The second-order valence-corrected chi connectivity index (χ2v) is 7.88. The van der Waals surface area contributed by atoms with Gasteiger partial charge in [-0.1, -0.05) is 24.3 Å². The lowest BCUT2D eigenvalue weighted by Gasteiger charge is -2.31. The third-order valence-electron chi connectivity index (χ3n) is 5.72. The predicted molar refractivity (Wildman–Crippen MR) is 114 cm³/mol. The number of aromatic nitrogens is 4. The van der Waals surface area contributed by atoms with Crippen molar-refractivity contribution >= 4 is 17.6 Å². The van der Waals surface area contributed by atoms with Crippen LogP contribution in [0.15, 0.2) is 36.5 Å². The molecule has 30 heavy (non-hydrogen) atoms. The molecule has 1 aliphatic rings. The number of nitrogens with zero attached hydrogens (tertiary/aromatic N) is 3. The summed E-state index contributed by atoms with van der Waals surface area (Å²) in [4.78, 5) is 26.9. The summed E-state index contributed by atoms with van der Waals surface area (Å²) in [5.41, 5.74) is 4.49. The molecule has 4 rings (SSSR count). The lowest BCUT2D eigenvalue weighted by molar-refractivity contribution is -0.117. The number of aromatic amines is 2. The Morgan fingerprint density at radius 3 is 2.63 bits per heavy atom. The number of piperidine rings is 1. The van der Waals surface area contributed by atoms with Crippen molar-refractivity contribution in [3.05, 3.63) is 53.3 Å². The number of rotatable bonds is 5. The van der Waals surface area contributed by atoms with Crippen LogP contribution in [0.5, 0.6) is 0 Å². The van der Waals surface area contributed by atoms with Crippen molar-refractivity contribution < 1.29 is 9.59 Å². The largest absolute Gasteiger partial charge is 0.339 e. The highest BCUT2D eigenvalue weighted by Crippen LogP contribution is 2.25. The van der Waals surface area contributed by atoms with E-state index in [2.05, 4.69) is 25.7 Å². The van der Waals surface area contributed by atoms with Crippen molar-refractivity contribution in [2.24, 2.45) is 5.92 Å². The molecule has 3 heterocycles. The molecule has 156 valence electrons. The summed E-state index contributed by atoms with van der Waals surface area (Å²) < 4.78 is 0. The van der Waals surface area contributed by atoms with Crippen molar-refractivity contribution in [1.29, 1.82) is 0 Å². The van der Waals surface area contributed by atoms with Crippen LogP contribution in [0.25, 0.3) is 11.3 Å². The Kier molecular flexibility index (Phi) is 5.65. The van der Waals surface area contributed by atoms with E-state index in [0.717, 1.165) is 35.4 Å². The maximum atomic E-state index is 12.6. The van der Waals surface area contributed by atoms with Crippen LogP contribution in [0.3, 0.4) is 0 Å². The van der Waals surface area contributed by atoms with Gasteiger partial charge in [-0.2, -0.15) is 10.2 Å². The Balaban J connectivity index is 1.28. The lowest BCUT2D eigenvalue weighted by atomic mass is 9.93. The Morgan fingerprint density at radius 2 is 1.93 bits per heavy atom. The highest BCUT2D eigenvalue weighted by Gasteiger charge is 2.26. The van der Waals surface area contributed by atoms with Crippen LogP contribution in [-0.4, -0.2) is 50.2 Å². The Labute approximate surface area is 175 Å². The van der Waals surface area contributed by atoms with E-state index in [0.29, 0.717) is 30.9 Å². The number of anilines is 1. The van der Waals surface area contributed by atoms with Gasteiger partial charge in [0.25, 0.3) is 5.91 Å². The van der Waals surface area contributed by atoms with Gasteiger partial charge in [0.2, 0.25) is 5.91 Å². The third kappa shape index (κ3) is 4.27. The van der Waals surface area contributed by atoms with Crippen LogP contribution in [0.1, 0.15) is 40.9 Å². The summed E-state index contributed by atoms with van der Waals surface area (Å²) in [6, 6.07) is 9.89. The van der Waals surface area contributed by atoms with E-state index < -0.39 is 0 Å². The predicted octanol–water partition coefficient (Wildman–Crippen LogP) is 3.30. The van der Waals surface area contributed by atoms with Gasteiger partial charge in [0.05, 0.1) is 17.5 Å². The van der Waals surface area contributed by atoms with Crippen molar-refractivity contribution in [1.82, 2.24) is 25.3 Å². The smallest absolute Gasteiger partial charge is 0.257 e. The van der Waals surface area contributed by atoms with Crippen molar-refractivity contribution in [2.45, 2.75) is 33.1 Å². The highest BCUT2D eigenvalue weighted by atomic mass is 16.2. The normalized spacial score (nSPS) is 14.7. The summed E-state index contributed by atoms with van der Waals surface area (Å²) in [7, 11) is 0. The van der Waals surface area contributed by atoms with Crippen molar-refractivity contribution in [3.63, 3.8) is 0 Å². The number of carbonyl (C=O) groups is 2. The Morgan fingerprint density at radius 1 is 1.17 bits per heavy atom. The molecule has 8 nitrogen and oxygen atoms in total. The van der Waals surface area contributed by atoms with E-state index in [-0.39, 0.29) is 17.7 Å². The van der Waals surface area contributed by atoms with E-state index in [1.54, 1.807) is 6.20 Å². The summed E-state index contributed by atoms with van der Waals surface area (Å²) in [6.07, 6.45) is 3.63. The Hall–Kier alpha value is -3.42. The van der Waals surface area contributed by atoms with Crippen molar-refractivity contribution in [3.8, 4) is 11.3 Å². The molecule has 3 aromatic rings. The van der Waals surface area contributed by atoms with Crippen LogP contribution in [-0.2, 0) is 4.79 Å². The molecule has 1 fully saturated rings. The van der Waals surface area contributed by atoms with Gasteiger partial charge in [-0.05, 0) is 38.2 Å². The molecule has 0 unspecified atom stereocenters. The number of amides is 2. The minimum absolute atomic E-state index is 0.00408. The first kappa shape index (κ1) is 19.9. The maximum Gasteiger partial charge on any atom is 0.257 e. The summed E-state index contributed by atoms with van der Waals surface area (Å²) in [5.74, 6) is 0.744. The van der Waals surface area contributed by atoms with E-state index >= 15 is 0 Å². The molecule has 2 aromatic heterocycles. The average molecular weight is 406 g/mol. The van der Waals surface area contributed by atoms with Gasteiger partial charge in [0.15, 0.2) is 5.82 Å². The highest BCUT2D eigenvalue weighted by molar-refractivity contribution is 5.95. The molecular formula is C22H26N6O2. The SMILES string of the molecule is Cc1ccccc1-c1cc(NC(=O)CC2CCN(C(=O)c3cn[nH]c3C)CC2)n[nH]1. The standard InChI is InChI=1S/C22H26N6O2/c1-14-5-3-4-6-17(14)19-12-20(27-26-19)24-21(29)11-16-7-9-28(10-8-16)22(30)18-13-23-25-15(18)2/h3-6,12-13,16H,7-11H2,1-2H3,(H,23,25)(H2,24,26,27,29). The van der Waals surface area contributed by atoms with E-state index in [1.165, 1.54) is 0 Å². The van der Waals surface area contributed by atoms with Gasteiger partial charge in [0.1, 0.15) is 0 Å². The molecule has 3 N–H and O–H groups in total. The van der Waals surface area contributed by atoms with E-state index in [4.69, 9.17) is 0 Å². The topological polar surface area (TPSA) is 107 Å². The number of benzene rings is 1. The number of aryl methyl sites for hydroxylation is 2. The van der Waals surface area contributed by atoms with Crippen LogP contribution in [0.4, 0.5) is 5.82 Å². The number of hydrogen-bond acceptors (Lipinski definition) is 4. The summed E-state index contributed by atoms with van der Waals surface area (Å²) in [6.45, 7) is 5.19. The number of H-pyrrole nitrogens is 2. The second kappa shape index (κ2) is 8.52. The van der Waals surface area contributed by atoms with Crippen LogP contribution in [0, 0.1) is 19.8 Å². The first-order valence-electron chi connectivity index (χ1n) is 10.2. The molecule has 1 aromatic carbocycles. The molecule has 0 saturated carbocycles. The molecule has 0 aliphatic carbocycles. The molecule has 2 amide bonds. The van der Waals surface area contributed by atoms with Gasteiger partial charge in [-0.3, -0.25) is 19.8 Å². The molecule has 1 aliphatic heterocycles. The van der Waals surface area contributed by atoms with E-state index in [9.17, 15) is 9.59 Å². The summed E-state index contributed by atoms with van der Waals surface area (Å²) in [5, 5.41) is 16.8. The molecule has 0 atom stereocenters. The minimum atomic E-state index is -0.0479. The number of carbonyl (C=O) groups excluding carboxylic acids is 2. The first-order chi connectivity index (χ1) is 14.5. The fraction of sp³-hybridized carbons (Fsp3) is 0.364. The molecule has 8 heteroatoms. The number of likely N-dealkylation sites (tertiary alicyclic amines) is 1. The molecule has 0 spiro atoms. The quantitative estimate of drug-likeness (QED) is 0.604. The van der Waals surface area contributed by atoms with Crippen LogP contribution >= 0.6 is 0 Å². The zero-order valence-electron chi connectivity index (χ0n) is 17.2. The molecule has 0 bridgehead atoms.